The molecule has 5 atom stereocenters. The first-order chi connectivity index (χ1) is 12.0. The lowest BCUT2D eigenvalue weighted by Gasteiger charge is -2.33. The first-order valence-corrected chi connectivity index (χ1v) is 9.05. The van der Waals surface area contributed by atoms with Crippen molar-refractivity contribution in [2.45, 2.75) is 64.8 Å². The molecule has 0 spiro atoms. The van der Waals surface area contributed by atoms with Gasteiger partial charge in [-0.3, -0.25) is 9.59 Å². The number of ether oxygens (including phenoxy) is 2. The minimum atomic E-state index is -1.72. The van der Waals surface area contributed by atoms with Crippen molar-refractivity contribution in [2.24, 2.45) is 17.8 Å². The Hall–Kier alpha value is -1.95. The van der Waals surface area contributed by atoms with E-state index >= 15 is 0 Å². The van der Waals surface area contributed by atoms with Gasteiger partial charge in [0.1, 0.15) is 17.8 Å². The van der Waals surface area contributed by atoms with Gasteiger partial charge in [0.25, 0.3) is 0 Å². The molecule has 1 heterocycles. The van der Waals surface area contributed by atoms with Crippen LogP contribution in [0, 0.1) is 17.8 Å². The van der Waals surface area contributed by atoms with E-state index in [-0.39, 0.29) is 30.3 Å². The minimum Gasteiger partial charge on any atom is -0.461 e. The van der Waals surface area contributed by atoms with Crippen molar-refractivity contribution in [3.63, 3.8) is 0 Å². The number of ketones is 1. The lowest BCUT2D eigenvalue weighted by Crippen LogP contribution is -2.44. The zero-order valence-corrected chi connectivity index (χ0v) is 15.9. The smallest absolute Gasteiger partial charge is 0.334 e. The van der Waals surface area contributed by atoms with Crippen LogP contribution in [0.3, 0.4) is 0 Å². The Morgan fingerprint density at radius 2 is 2.12 bits per heavy atom. The molecule has 2 aliphatic rings. The van der Waals surface area contributed by atoms with Crippen LogP contribution in [0.15, 0.2) is 24.3 Å². The van der Waals surface area contributed by atoms with Crippen molar-refractivity contribution in [3.05, 3.63) is 24.3 Å². The van der Waals surface area contributed by atoms with Crippen LogP contribution in [-0.4, -0.2) is 40.6 Å². The summed E-state index contributed by atoms with van der Waals surface area (Å²) in [7, 11) is 0. The zero-order chi connectivity index (χ0) is 19.6. The van der Waals surface area contributed by atoms with Gasteiger partial charge in [0.15, 0.2) is 5.78 Å². The second-order valence-corrected chi connectivity index (χ2v) is 8.04. The molecule has 1 N–H and O–H groups in total. The SMILES string of the molecule is C=C1C(=O)O[C@@H]2C[C@@H](C)/C=C\C(=O)[C@@](C)(O)C[C@@H](OC(=O)CC(C)C)[C@@H]12. The summed E-state index contributed by atoms with van der Waals surface area (Å²) >= 11 is 0. The second kappa shape index (κ2) is 7.74. The fourth-order valence-corrected chi connectivity index (χ4v) is 3.47. The number of hydrogen-bond acceptors (Lipinski definition) is 6. The molecule has 0 bridgehead atoms. The maximum absolute atomic E-state index is 12.3. The van der Waals surface area contributed by atoms with E-state index in [0.29, 0.717) is 6.42 Å². The predicted molar refractivity (Wildman–Crippen MR) is 95.0 cm³/mol. The van der Waals surface area contributed by atoms with Gasteiger partial charge in [0, 0.05) is 18.4 Å². The molecule has 1 fully saturated rings. The summed E-state index contributed by atoms with van der Waals surface area (Å²) in [5, 5.41) is 10.6. The lowest BCUT2D eigenvalue weighted by atomic mass is 9.79. The van der Waals surface area contributed by atoms with Gasteiger partial charge in [-0.2, -0.15) is 0 Å². The third-order valence-electron chi connectivity index (χ3n) is 4.89. The molecule has 0 amide bonds. The normalized spacial score (nSPS) is 36.5. The number of carbonyl (C=O) groups is 3. The minimum absolute atomic E-state index is 0.0499. The molecule has 0 saturated carbocycles. The van der Waals surface area contributed by atoms with Gasteiger partial charge in [-0.25, -0.2) is 4.79 Å². The summed E-state index contributed by atoms with van der Waals surface area (Å²) in [6, 6.07) is 0. The maximum atomic E-state index is 12.3. The fourth-order valence-electron chi connectivity index (χ4n) is 3.47. The number of fused-ring (bicyclic) bond motifs is 1. The Morgan fingerprint density at radius 3 is 2.73 bits per heavy atom. The van der Waals surface area contributed by atoms with Crippen LogP contribution < -0.4 is 0 Å². The molecule has 1 aliphatic heterocycles. The fraction of sp³-hybridized carbons (Fsp3) is 0.650. The van der Waals surface area contributed by atoms with Crippen molar-refractivity contribution in [1.82, 2.24) is 0 Å². The van der Waals surface area contributed by atoms with Gasteiger partial charge >= 0.3 is 11.9 Å². The van der Waals surface area contributed by atoms with E-state index in [0.717, 1.165) is 0 Å². The Bertz CT molecular complexity index is 630. The van der Waals surface area contributed by atoms with E-state index in [4.69, 9.17) is 9.47 Å². The van der Waals surface area contributed by atoms with Crippen LogP contribution in [0.2, 0.25) is 0 Å². The predicted octanol–water partition coefficient (Wildman–Crippen LogP) is 2.35. The van der Waals surface area contributed by atoms with Crippen LogP contribution >= 0.6 is 0 Å². The molecule has 0 aromatic carbocycles. The van der Waals surface area contributed by atoms with E-state index in [9.17, 15) is 19.5 Å². The molecule has 1 aliphatic carbocycles. The first-order valence-electron chi connectivity index (χ1n) is 9.05. The number of allylic oxidation sites excluding steroid dienone is 1. The highest BCUT2D eigenvalue weighted by molar-refractivity contribution is 5.96. The molecule has 1 saturated heterocycles. The Balaban J connectivity index is 2.39. The molecule has 26 heavy (non-hydrogen) atoms. The Morgan fingerprint density at radius 1 is 1.46 bits per heavy atom. The summed E-state index contributed by atoms with van der Waals surface area (Å²) < 4.78 is 11.1. The van der Waals surface area contributed by atoms with E-state index in [1.54, 1.807) is 6.08 Å². The lowest BCUT2D eigenvalue weighted by molar-refractivity contribution is -0.160. The maximum Gasteiger partial charge on any atom is 0.334 e. The number of rotatable bonds is 3. The van der Waals surface area contributed by atoms with Crippen molar-refractivity contribution >= 4 is 17.7 Å². The average Bonchev–Trinajstić information content (AvgIpc) is 2.76. The Labute approximate surface area is 154 Å². The van der Waals surface area contributed by atoms with Gasteiger partial charge in [-0.05, 0) is 31.3 Å². The number of hydrogen-bond donors (Lipinski definition) is 1. The molecule has 6 heteroatoms. The molecular weight excluding hydrogens is 336 g/mol. The van der Waals surface area contributed by atoms with Crippen molar-refractivity contribution in [1.29, 1.82) is 0 Å². The first kappa shape index (κ1) is 20.4. The van der Waals surface area contributed by atoms with Crippen LogP contribution in [0.4, 0.5) is 0 Å². The van der Waals surface area contributed by atoms with E-state index < -0.39 is 41.4 Å². The van der Waals surface area contributed by atoms with Gasteiger partial charge in [0.05, 0.1) is 5.92 Å². The molecule has 144 valence electrons. The molecular formula is C20H28O6. The molecule has 2 rings (SSSR count). The molecule has 6 nitrogen and oxygen atoms in total. The third kappa shape index (κ3) is 4.61. The highest BCUT2D eigenvalue weighted by Gasteiger charge is 2.48. The summed E-state index contributed by atoms with van der Waals surface area (Å²) in [5.74, 6) is -1.93. The zero-order valence-electron chi connectivity index (χ0n) is 15.9. The Kier molecular flexibility index (Phi) is 6.06. The van der Waals surface area contributed by atoms with Gasteiger partial charge in [-0.15, -0.1) is 0 Å². The highest BCUT2D eigenvalue weighted by atomic mass is 16.6. The summed E-state index contributed by atoms with van der Waals surface area (Å²) in [6.07, 6.45) is 2.27. The van der Waals surface area contributed by atoms with Crippen molar-refractivity contribution in [3.8, 4) is 0 Å². The van der Waals surface area contributed by atoms with E-state index in [1.807, 2.05) is 20.8 Å². The van der Waals surface area contributed by atoms with Crippen LogP contribution in [0.25, 0.3) is 0 Å². The van der Waals surface area contributed by atoms with Crippen molar-refractivity contribution < 1.29 is 29.0 Å². The second-order valence-electron chi connectivity index (χ2n) is 8.04. The summed E-state index contributed by atoms with van der Waals surface area (Å²) in [6.45, 7) is 10.9. The van der Waals surface area contributed by atoms with Crippen molar-refractivity contribution in [2.75, 3.05) is 0 Å². The van der Waals surface area contributed by atoms with E-state index in [2.05, 4.69) is 6.58 Å². The number of esters is 2. The number of carbonyl (C=O) groups excluding carboxylic acids is 3. The van der Waals surface area contributed by atoms with Gasteiger partial charge < -0.3 is 14.6 Å². The molecule has 0 aromatic heterocycles. The summed E-state index contributed by atoms with van der Waals surface area (Å²) in [4.78, 5) is 36.7. The van der Waals surface area contributed by atoms with Gasteiger partial charge in [-0.1, -0.05) is 33.4 Å². The third-order valence-corrected chi connectivity index (χ3v) is 4.89. The molecule has 0 aromatic rings. The quantitative estimate of drug-likeness (QED) is 0.611. The van der Waals surface area contributed by atoms with E-state index in [1.165, 1.54) is 13.0 Å². The topological polar surface area (TPSA) is 89.9 Å². The van der Waals surface area contributed by atoms with Crippen LogP contribution in [0.1, 0.15) is 47.0 Å². The summed E-state index contributed by atoms with van der Waals surface area (Å²) in [5.41, 5.74) is -1.50. The van der Waals surface area contributed by atoms with Crippen LogP contribution in [0.5, 0.6) is 0 Å². The van der Waals surface area contributed by atoms with Gasteiger partial charge in [0.2, 0.25) is 0 Å². The average molecular weight is 364 g/mol. The monoisotopic (exact) mass is 364 g/mol. The highest BCUT2D eigenvalue weighted by Crippen LogP contribution is 2.38. The molecule has 0 unspecified atom stereocenters. The standard InChI is InChI=1S/C20H28O6/c1-11(2)8-17(22)25-15-10-20(5,24)16(21)7-6-12(3)9-14-18(15)13(4)19(23)26-14/h6-7,11-12,14-15,18,24H,4,8-10H2,1-3,5H3/b7-6-/t12-,14+,15+,18-,20-/m0/s1. The molecule has 0 radical (unpaired) electrons. The van der Waals surface area contributed by atoms with Crippen LogP contribution in [-0.2, 0) is 23.9 Å². The largest absolute Gasteiger partial charge is 0.461 e. The number of aliphatic hydroxyl groups is 1.